The van der Waals surface area contributed by atoms with Crippen LogP contribution in [-0.2, 0) is 0 Å². The predicted molar refractivity (Wildman–Crippen MR) is 47.4 cm³/mol. The quantitative estimate of drug-likeness (QED) is 0.528. The van der Waals surface area contributed by atoms with Gasteiger partial charge in [0.2, 0.25) is 0 Å². The Kier molecular flexibility index (Phi) is 5.46. The molecule has 0 aromatic heterocycles. The lowest BCUT2D eigenvalue weighted by molar-refractivity contribution is 0.177. The standard InChI is InChI=1S/C8H20N2O/c1-4-10-7(3)8(5-11)6(2)9/h6-8,10-11H,4-5,9H2,1-3H3. The van der Waals surface area contributed by atoms with Crippen molar-refractivity contribution in [3.05, 3.63) is 0 Å². The van der Waals surface area contributed by atoms with E-state index in [0.717, 1.165) is 6.54 Å². The van der Waals surface area contributed by atoms with E-state index >= 15 is 0 Å². The average Bonchev–Trinajstić information content (AvgIpc) is 1.88. The van der Waals surface area contributed by atoms with E-state index in [1.54, 1.807) is 0 Å². The summed E-state index contributed by atoms with van der Waals surface area (Å²) in [6.07, 6.45) is 0. The van der Waals surface area contributed by atoms with Crippen LogP contribution in [0.2, 0.25) is 0 Å². The molecule has 0 saturated heterocycles. The van der Waals surface area contributed by atoms with Crippen molar-refractivity contribution in [3.63, 3.8) is 0 Å². The third-order valence-corrected chi connectivity index (χ3v) is 2.05. The number of nitrogens with one attached hydrogen (secondary N) is 1. The molecule has 0 spiro atoms. The lowest BCUT2D eigenvalue weighted by Gasteiger charge is -2.25. The van der Waals surface area contributed by atoms with Crippen LogP contribution in [0, 0.1) is 5.92 Å². The average molecular weight is 160 g/mol. The van der Waals surface area contributed by atoms with Crippen LogP contribution in [0.4, 0.5) is 0 Å². The van der Waals surface area contributed by atoms with E-state index in [1.165, 1.54) is 0 Å². The van der Waals surface area contributed by atoms with Crippen LogP contribution in [0.5, 0.6) is 0 Å². The fourth-order valence-electron chi connectivity index (χ4n) is 1.25. The molecule has 68 valence electrons. The maximum Gasteiger partial charge on any atom is 0.0488 e. The third kappa shape index (κ3) is 3.70. The van der Waals surface area contributed by atoms with Gasteiger partial charge in [0.25, 0.3) is 0 Å². The molecule has 3 heteroatoms. The first kappa shape index (κ1) is 10.9. The highest BCUT2D eigenvalue weighted by atomic mass is 16.3. The molecular weight excluding hydrogens is 140 g/mol. The first-order valence-corrected chi connectivity index (χ1v) is 4.23. The summed E-state index contributed by atoms with van der Waals surface area (Å²) in [6, 6.07) is 0.346. The third-order valence-electron chi connectivity index (χ3n) is 2.05. The molecule has 0 aliphatic carbocycles. The molecule has 3 unspecified atom stereocenters. The second kappa shape index (κ2) is 5.52. The van der Waals surface area contributed by atoms with Crippen LogP contribution >= 0.6 is 0 Å². The summed E-state index contributed by atoms with van der Waals surface area (Å²) >= 11 is 0. The topological polar surface area (TPSA) is 58.3 Å². The van der Waals surface area contributed by atoms with E-state index in [4.69, 9.17) is 10.8 Å². The van der Waals surface area contributed by atoms with Gasteiger partial charge in [-0.2, -0.15) is 0 Å². The first-order valence-electron chi connectivity index (χ1n) is 4.23. The van der Waals surface area contributed by atoms with E-state index in [0.29, 0.717) is 6.04 Å². The number of hydrogen-bond acceptors (Lipinski definition) is 3. The summed E-state index contributed by atoms with van der Waals surface area (Å²) in [4.78, 5) is 0. The van der Waals surface area contributed by atoms with Gasteiger partial charge in [-0.15, -0.1) is 0 Å². The number of aliphatic hydroxyl groups is 1. The van der Waals surface area contributed by atoms with Gasteiger partial charge in [0.05, 0.1) is 0 Å². The van der Waals surface area contributed by atoms with E-state index in [9.17, 15) is 0 Å². The molecule has 0 aromatic carbocycles. The first-order chi connectivity index (χ1) is 5.13. The molecule has 0 heterocycles. The second-order valence-corrected chi connectivity index (χ2v) is 3.05. The van der Waals surface area contributed by atoms with Gasteiger partial charge in [0.1, 0.15) is 0 Å². The summed E-state index contributed by atoms with van der Waals surface area (Å²) < 4.78 is 0. The minimum Gasteiger partial charge on any atom is -0.396 e. The molecule has 0 aliphatic heterocycles. The molecule has 0 saturated carbocycles. The van der Waals surface area contributed by atoms with Crippen LogP contribution in [0.15, 0.2) is 0 Å². The van der Waals surface area contributed by atoms with Crippen molar-refractivity contribution < 1.29 is 5.11 Å². The zero-order chi connectivity index (χ0) is 8.85. The van der Waals surface area contributed by atoms with E-state index in [1.807, 2.05) is 20.8 Å². The van der Waals surface area contributed by atoms with E-state index in [-0.39, 0.29) is 18.6 Å². The van der Waals surface area contributed by atoms with Crippen molar-refractivity contribution in [2.75, 3.05) is 13.2 Å². The highest BCUT2D eigenvalue weighted by Crippen LogP contribution is 2.05. The van der Waals surface area contributed by atoms with Crippen LogP contribution in [0.1, 0.15) is 20.8 Å². The summed E-state index contributed by atoms with van der Waals surface area (Å²) in [5.41, 5.74) is 5.68. The molecule has 0 aliphatic rings. The van der Waals surface area contributed by atoms with Crippen molar-refractivity contribution in [3.8, 4) is 0 Å². The highest BCUT2D eigenvalue weighted by Gasteiger charge is 2.18. The van der Waals surface area contributed by atoms with E-state index in [2.05, 4.69) is 5.32 Å². The summed E-state index contributed by atoms with van der Waals surface area (Å²) in [6.45, 7) is 7.10. The molecule has 3 atom stereocenters. The van der Waals surface area contributed by atoms with Crippen molar-refractivity contribution in [2.24, 2.45) is 11.7 Å². The summed E-state index contributed by atoms with van der Waals surface area (Å²) in [5.74, 6) is 0.162. The minimum atomic E-state index is 0.0500. The Morgan fingerprint density at radius 2 is 2.00 bits per heavy atom. The number of rotatable bonds is 5. The lowest BCUT2D eigenvalue weighted by Crippen LogP contribution is -2.44. The van der Waals surface area contributed by atoms with Crippen molar-refractivity contribution >= 4 is 0 Å². The van der Waals surface area contributed by atoms with Crippen LogP contribution in [0.3, 0.4) is 0 Å². The molecule has 0 radical (unpaired) electrons. The molecule has 0 bridgehead atoms. The van der Waals surface area contributed by atoms with Crippen LogP contribution in [-0.4, -0.2) is 30.3 Å². The van der Waals surface area contributed by atoms with Gasteiger partial charge >= 0.3 is 0 Å². The highest BCUT2D eigenvalue weighted by molar-refractivity contribution is 4.77. The Hall–Kier alpha value is -0.120. The smallest absolute Gasteiger partial charge is 0.0488 e. The SMILES string of the molecule is CCNC(C)C(CO)C(C)N. The molecular formula is C8H20N2O. The summed E-state index contributed by atoms with van der Waals surface area (Å²) in [5, 5.41) is 12.2. The number of aliphatic hydroxyl groups excluding tert-OH is 1. The van der Waals surface area contributed by atoms with Crippen molar-refractivity contribution in [1.82, 2.24) is 5.32 Å². The van der Waals surface area contributed by atoms with Gasteiger partial charge < -0.3 is 16.2 Å². The van der Waals surface area contributed by atoms with Crippen LogP contribution < -0.4 is 11.1 Å². The van der Waals surface area contributed by atoms with E-state index < -0.39 is 0 Å². The second-order valence-electron chi connectivity index (χ2n) is 3.05. The Morgan fingerprint density at radius 1 is 1.45 bits per heavy atom. The summed E-state index contributed by atoms with van der Waals surface area (Å²) in [7, 11) is 0. The van der Waals surface area contributed by atoms with Crippen LogP contribution in [0.25, 0.3) is 0 Å². The molecule has 0 rings (SSSR count). The normalized spacial score (nSPS) is 19.4. The van der Waals surface area contributed by atoms with Crippen molar-refractivity contribution in [1.29, 1.82) is 0 Å². The number of nitrogens with two attached hydrogens (primary N) is 1. The zero-order valence-electron chi connectivity index (χ0n) is 7.67. The maximum atomic E-state index is 8.97. The molecule has 0 aromatic rings. The molecule has 11 heavy (non-hydrogen) atoms. The fourth-order valence-corrected chi connectivity index (χ4v) is 1.25. The largest absolute Gasteiger partial charge is 0.396 e. The van der Waals surface area contributed by atoms with Gasteiger partial charge in [-0.05, 0) is 20.4 Å². The molecule has 4 N–H and O–H groups in total. The Balaban J connectivity index is 3.81. The van der Waals surface area contributed by atoms with Gasteiger partial charge in [-0.25, -0.2) is 0 Å². The Morgan fingerprint density at radius 3 is 2.27 bits per heavy atom. The van der Waals surface area contributed by atoms with Gasteiger partial charge in [0.15, 0.2) is 0 Å². The zero-order valence-corrected chi connectivity index (χ0v) is 7.67. The maximum absolute atomic E-state index is 8.97. The monoisotopic (exact) mass is 160 g/mol. The van der Waals surface area contributed by atoms with Gasteiger partial charge in [-0.1, -0.05) is 6.92 Å². The molecule has 3 nitrogen and oxygen atoms in total. The Bertz CT molecular complexity index is 96.1. The van der Waals surface area contributed by atoms with Gasteiger partial charge in [-0.3, -0.25) is 0 Å². The van der Waals surface area contributed by atoms with Gasteiger partial charge in [0, 0.05) is 24.6 Å². The Labute approximate surface area is 69.0 Å². The number of hydrogen-bond donors (Lipinski definition) is 3. The minimum absolute atomic E-state index is 0.0500. The molecule has 0 fully saturated rings. The predicted octanol–water partition coefficient (Wildman–Crippen LogP) is -0.0599. The molecule has 0 amide bonds. The fraction of sp³-hybridized carbons (Fsp3) is 1.00. The van der Waals surface area contributed by atoms with Crippen molar-refractivity contribution in [2.45, 2.75) is 32.9 Å². The lowest BCUT2D eigenvalue weighted by atomic mass is 9.95.